The van der Waals surface area contributed by atoms with Crippen LogP contribution in [0.15, 0.2) is 71.9 Å². The topological polar surface area (TPSA) is 127 Å². The van der Waals surface area contributed by atoms with E-state index in [9.17, 15) is 19.7 Å². The molecule has 5 aromatic rings. The number of nitrogens with zero attached hydrogens (tertiary/aromatic N) is 7. The Morgan fingerprint density at radius 3 is 2.62 bits per heavy atom. The zero-order chi connectivity index (χ0) is 33.1. The summed E-state index contributed by atoms with van der Waals surface area (Å²) in [6, 6.07) is 21.0. The molecule has 1 aliphatic rings. The largest absolute Gasteiger partial charge is 0.339 e. The molecular formula is C35H37N7O4S. The zero-order valence-corrected chi connectivity index (χ0v) is 27.6. The molecule has 2 aromatic heterocycles. The molecule has 2 amide bonds. The quantitative estimate of drug-likeness (QED) is 0.0757. The lowest BCUT2D eigenvalue weighted by atomic mass is 10.1. The Bertz CT molecular complexity index is 1980. The van der Waals surface area contributed by atoms with Gasteiger partial charge in [-0.3, -0.25) is 19.7 Å². The van der Waals surface area contributed by atoms with Gasteiger partial charge in [-0.15, -0.1) is 10.2 Å². The summed E-state index contributed by atoms with van der Waals surface area (Å²) in [5.74, 6) is 0.579. The lowest BCUT2D eigenvalue weighted by molar-refractivity contribution is -0.385. The predicted molar refractivity (Wildman–Crippen MR) is 183 cm³/mol. The van der Waals surface area contributed by atoms with Crippen molar-refractivity contribution in [2.75, 3.05) is 25.4 Å². The van der Waals surface area contributed by atoms with Gasteiger partial charge in [-0.05, 0) is 51.3 Å². The van der Waals surface area contributed by atoms with E-state index in [2.05, 4.69) is 58.1 Å². The number of carbonyl (C=O) groups excluding carboxylic acids is 2. The molecule has 0 radical (unpaired) electrons. The van der Waals surface area contributed by atoms with E-state index in [1.165, 1.54) is 17.2 Å². The molecule has 1 aliphatic heterocycles. The SMILES string of the molecule is Cc1cccc(Cn2c3ccccc3c3nnc(SCCCCC(=O)N4CCN(C(=O)c5ccc(C)c([N+](=O)[O-])c5)C(C)C4)nc32)c1. The van der Waals surface area contributed by atoms with E-state index in [0.29, 0.717) is 43.3 Å². The van der Waals surface area contributed by atoms with E-state index in [-0.39, 0.29) is 29.1 Å². The highest BCUT2D eigenvalue weighted by Crippen LogP contribution is 2.29. The van der Waals surface area contributed by atoms with Crippen LogP contribution in [-0.4, -0.2) is 77.7 Å². The molecule has 0 spiro atoms. The Morgan fingerprint density at radius 1 is 1.00 bits per heavy atom. The Balaban J connectivity index is 1.01. The van der Waals surface area contributed by atoms with Gasteiger partial charge in [0.2, 0.25) is 11.1 Å². The third-order valence-corrected chi connectivity index (χ3v) is 9.61. The maximum atomic E-state index is 13.1. The van der Waals surface area contributed by atoms with E-state index in [1.54, 1.807) is 35.7 Å². The predicted octanol–water partition coefficient (Wildman–Crippen LogP) is 6.19. The van der Waals surface area contributed by atoms with E-state index < -0.39 is 4.92 Å². The first-order valence-corrected chi connectivity index (χ1v) is 16.8. The van der Waals surface area contributed by atoms with E-state index in [4.69, 9.17) is 4.98 Å². The maximum absolute atomic E-state index is 13.1. The molecule has 6 rings (SSSR count). The highest BCUT2D eigenvalue weighted by atomic mass is 32.2. The van der Waals surface area contributed by atoms with Crippen molar-refractivity contribution >= 4 is 51.3 Å². The number of fused-ring (bicyclic) bond motifs is 3. The van der Waals surface area contributed by atoms with Gasteiger partial charge in [0.25, 0.3) is 11.6 Å². The van der Waals surface area contributed by atoms with Gasteiger partial charge in [0.15, 0.2) is 5.65 Å². The van der Waals surface area contributed by atoms with Gasteiger partial charge in [0, 0.05) is 67.0 Å². The van der Waals surface area contributed by atoms with Crippen LogP contribution in [0.2, 0.25) is 0 Å². The standard InChI is InChI=1S/C35H37N7O4S/c1-23-9-8-10-26(19-23)22-41-29-12-5-4-11-28(29)32-33(41)36-35(38-37-32)47-18-7-6-13-31(43)39-16-17-40(25(3)21-39)34(44)27-15-14-24(2)30(20-27)42(45)46/h4-5,8-12,14-15,19-20,25H,6-7,13,16-18,21-22H2,1-3H3. The molecule has 0 bridgehead atoms. The van der Waals surface area contributed by atoms with Gasteiger partial charge in [-0.25, -0.2) is 4.98 Å². The van der Waals surface area contributed by atoms with Crippen molar-refractivity contribution in [1.82, 2.24) is 29.5 Å². The smallest absolute Gasteiger partial charge is 0.273 e. The molecule has 242 valence electrons. The molecule has 3 heterocycles. The number of amides is 2. The molecule has 0 N–H and O–H groups in total. The second-order valence-electron chi connectivity index (χ2n) is 12.1. The van der Waals surface area contributed by atoms with Crippen LogP contribution in [0.5, 0.6) is 0 Å². The second-order valence-corrected chi connectivity index (χ2v) is 13.2. The first-order chi connectivity index (χ1) is 22.7. The first-order valence-electron chi connectivity index (χ1n) is 15.8. The van der Waals surface area contributed by atoms with Crippen molar-refractivity contribution in [3.63, 3.8) is 0 Å². The molecule has 1 atom stereocenters. The molecule has 11 nitrogen and oxygen atoms in total. The number of nitro groups is 1. The average Bonchev–Trinajstić information content (AvgIpc) is 3.36. The number of benzene rings is 3. The summed E-state index contributed by atoms with van der Waals surface area (Å²) in [5, 5.41) is 22.0. The molecule has 1 fully saturated rings. The Kier molecular flexibility index (Phi) is 9.48. The van der Waals surface area contributed by atoms with Crippen LogP contribution >= 0.6 is 11.8 Å². The Hall–Kier alpha value is -4.84. The third kappa shape index (κ3) is 6.97. The number of unbranched alkanes of at least 4 members (excludes halogenated alkanes) is 1. The molecule has 0 saturated carbocycles. The van der Waals surface area contributed by atoms with Crippen LogP contribution in [0.1, 0.15) is 53.2 Å². The summed E-state index contributed by atoms with van der Waals surface area (Å²) >= 11 is 1.55. The minimum absolute atomic E-state index is 0.0693. The van der Waals surface area contributed by atoms with Gasteiger partial charge in [-0.1, -0.05) is 65.9 Å². The zero-order valence-electron chi connectivity index (χ0n) is 26.8. The third-order valence-electron chi connectivity index (χ3n) is 8.69. The van der Waals surface area contributed by atoms with Crippen molar-refractivity contribution in [3.8, 4) is 0 Å². The van der Waals surface area contributed by atoms with Crippen molar-refractivity contribution < 1.29 is 14.5 Å². The highest BCUT2D eigenvalue weighted by molar-refractivity contribution is 7.99. The Labute approximate surface area is 277 Å². The van der Waals surface area contributed by atoms with E-state index in [0.717, 1.165) is 40.7 Å². The summed E-state index contributed by atoms with van der Waals surface area (Å²) in [5.41, 5.74) is 5.82. The van der Waals surface area contributed by atoms with Crippen LogP contribution in [0.4, 0.5) is 5.69 Å². The summed E-state index contributed by atoms with van der Waals surface area (Å²) in [6.07, 6.45) is 1.98. The fourth-order valence-electron chi connectivity index (χ4n) is 6.19. The molecule has 12 heteroatoms. The number of aromatic nitrogens is 4. The number of nitro benzene ring substituents is 1. The molecule has 3 aromatic carbocycles. The molecule has 1 unspecified atom stereocenters. The molecule has 1 saturated heterocycles. The highest BCUT2D eigenvalue weighted by Gasteiger charge is 2.31. The lowest BCUT2D eigenvalue weighted by Gasteiger charge is -2.40. The summed E-state index contributed by atoms with van der Waals surface area (Å²) in [7, 11) is 0. The number of hydrogen-bond acceptors (Lipinski definition) is 8. The summed E-state index contributed by atoms with van der Waals surface area (Å²) < 4.78 is 2.20. The van der Waals surface area contributed by atoms with Gasteiger partial charge >= 0.3 is 0 Å². The summed E-state index contributed by atoms with van der Waals surface area (Å²) in [6.45, 7) is 7.59. The van der Waals surface area contributed by atoms with Crippen LogP contribution in [-0.2, 0) is 11.3 Å². The van der Waals surface area contributed by atoms with Crippen LogP contribution < -0.4 is 0 Å². The fraction of sp³-hybridized carbons (Fsp3) is 0.343. The molecule has 0 aliphatic carbocycles. The van der Waals surface area contributed by atoms with Gasteiger partial charge in [-0.2, -0.15) is 0 Å². The minimum atomic E-state index is -0.472. The van der Waals surface area contributed by atoms with Crippen molar-refractivity contribution in [2.24, 2.45) is 0 Å². The Morgan fingerprint density at radius 2 is 1.83 bits per heavy atom. The lowest BCUT2D eigenvalue weighted by Crippen LogP contribution is -2.55. The maximum Gasteiger partial charge on any atom is 0.273 e. The first kappa shape index (κ1) is 32.1. The second kappa shape index (κ2) is 13.9. The summed E-state index contributed by atoms with van der Waals surface area (Å²) in [4.78, 5) is 45.5. The average molecular weight is 652 g/mol. The van der Waals surface area contributed by atoms with E-state index in [1.807, 2.05) is 24.0 Å². The van der Waals surface area contributed by atoms with Crippen molar-refractivity contribution in [2.45, 2.75) is 57.8 Å². The normalized spacial score (nSPS) is 15.0. The number of para-hydroxylation sites is 1. The molecule has 47 heavy (non-hydrogen) atoms. The fourth-order valence-corrected chi connectivity index (χ4v) is 6.97. The number of thioether (sulfide) groups is 1. The van der Waals surface area contributed by atoms with Crippen molar-refractivity contribution in [3.05, 3.63) is 99.1 Å². The van der Waals surface area contributed by atoms with Crippen molar-refractivity contribution in [1.29, 1.82) is 0 Å². The number of carbonyl (C=O) groups is 2. The number of rotatable bonds is 10. The van der Waals surface area contributed by atoms with Crippen LogP contribution in [0.3, 0.4) is 0 Å². The van der Waals surface area contributed by atoms with Gasteiger partial charge < -0.3 is 14.4 Å². The monoisotopic (exact) mass is 651 g/mol. The number of aryl methyl sites for hydroxylation is 2. The van der Waals surface area contributed by atoms with E-state index >= 15 is 0 Å². The van der Waals surface area contributed by atoms with Crippen LogP contribution in [0.25, 0.3) is 22.1 Å². The number of piperazine rings is 1. The van der Waals surface area contributed by atoms with Crippen LogP contribution in [0, 0.1) is 24.0 Å². The van der Waals surface area contributed by atoms with Gasteiger partial charge in [0.1, 0.15) is 5.52 Å². The molecular weight excluding hydrogens is 614 g/mol. The number of hydrogen-bond donors (Lipinski definition) is 0. The van der Waals surface area contributed by atoms with Gasteiger partial charge in [0.05, 0.1) is 10.4 Å². The minimum Gasteiger partial charge on any atom is -0.339 e.